The van der Waals surface area contributed by atoms with Gasteiger partial charge in [-0.15, -0.1) is 34.2 Å². The fourth-order valence-electron chi connectivity index (χ4n) is 2.95. The molecule has 0 amide bonds. The summed E-state index contributed by atoms with van der Waals surface area (Å²) >= 11 is 0. The van der Waals surface area contributed by atoms with E-state index in [4.69, 9.17) is 4.74 Å². The average molecular weight is 484 g/mol. The average Bonchev–Trinajstić information content (AvgIpc) is 3.40. The quantitative estimate of drug-likeness (QED) is 0.260. The summed E-state index contributed by atoms with van der Waals surface area (Å²) in [6, 6.07) is 10.7. The number of aromatic nitrogens is 3. The summed E-state index contributed by atoms with van der Waals surface area (Å²) in [7, 11) is 3.66. The van der Waals surface area contributed by atoms with E-state index in [1.165, 1.54) is 18.4 Å². The number of hydrogen-bond donors (Lipinski definition) is 2. The Morgan fingerprint density at radius 2 is 1.96 bits per heavy atom. The van der Waals surface area contributed by atoms with E-state index in [9.17, 15) is 0 Å². The van der Waals surface area contributed by atoms with Crippen LogP contribution >= 0.6 is 24.0 Å². The third-order valence-corrected chi connectivity index (χ3v) is 4.99. The first-order valence-electron chi connectivity index (χ1n) is 9.06. The Morgan fingerprint density at radius 1 is 1.22 bits per heavy atom. The number of benzene rings is 1. The molecule has 0 bridgehead atoms. The molecule has 148 valence electrons. The molecular weight excluding hydrogens is 455 g/mol. The maximum absolute atomic E-state index is 5.13. The van der Waals surface area contributed by atoms with Crippen molar-refractivity contribution in [3.63, 3.8) is 0 Å². The maximum atomic E-state index is 5.13. The van der Waals surface area contributed by atoms with E-state index in [1.54, 1.807) is 7.11 Å². The van der Waals surface area contributed by atoms with Gasteiger partial charge in [-0.3, -0.25) is 0 Å². The molecule has 1 aliphatic rings. The van der Waals surface area contributed by atoms with Gasteiger partial charge in [0.05, 0.1) is 6.61 Å². The molecule has 1 saturated carbocycles. The number of rotatable bonds is 8. The minimum atomic E-state index is 0. The van der Waals surface area contributed by atoms with Crippen molar-refractivity contribution in [1.82, 2.24) is 25.4 Å². The second-order valence-electron chi connectivity index (χ2n) is 6.81. The molecule has 3 rings (SSSR count). The lowest BCUT2D eigenvalue weighted by atomic mass is 9.96. The SMILES string of the molecule is COCCNC(=NCc1nnc(C)n1C)NCC1(c2ccccc2)CC1.I. The van der Waals surface area contributed by atoms with E-state index in [-0.39, 0.29) is 29.4 Å². The van der Waals surface area contributed by atoms with Gasteiger partial charge in [-0.1, -0.05) is 30.3 Å². The van der Waals surface area contributed by atoms with Crippen LogP contribution in [0.1, 0.15) is 30.1 Å². The van der Waals surface area contributed by atoms with E-state index < -0.39 is 0 Å². The molecule has 1 fully saturated rings. The van der Waals surface area contributed by atoms with E-state index in [2.05, 4.69) is 56.2 Å². The predicted molar refractivity (Wildman–Crippen MR) is 118 cm³/mol. The Hall–Kier alpha value is -1.68. The molecule has 2 aromatic rings. The van der Waals surface area contributed by atoms with Gasteiger partial charge in [-0.05, 0) is 25.3 Å². The molecule has 0 aliphatic heterocycles. The Morgan fingerprint density at radius 3 is 2.56 bits per heavy atom. The van der Waals surface area contributed by atoms with Crippen LogP contribution in [0.15, 0.2) is 35.3 Å². The van der Waals surface area contributed by atoms with Gasteiger partial charge in [0, 0.05) is 32.7 Å². The molecule has 1 aliphatic carbocycles. The molecule has 1 heterocycles. The Balaban J connectivity index is 0.00000261. The van der Waals surface area contributed by atoms with Crippen LogP contribution in [0.3, 0.4) is 0 Å². The number of nitrogens with one attached hydrogen (secondary N) is 2. The highest BCUT2D eigenvalue weighted by molar-refractivity contribution is 14.0. The van der Waals surface area contributed by atoms with E-state index in [1.807, 2.05) is 18.5 Å². The van der Waals surface area contributed by atoms with Crippen LogP contribution in [0.4, 0.5) is 0 Å². The standard InChI is InChI=1S/C19H28N6O.HI/c1-15-23-24-17(25(15)2)13-21-18(20-11-12-26-3)22-14-19(9-10-19)16-7-5-4-6-8-16;/h4-8H,9-14H2,1-3H3,(H2,20,21,22);1H. The highest BCUT2D eigenvalue weighted by atomic mass is 127. The van der Waals surface area contributed by atoms with Crippen molar-refractivity contribution in [3.8, 4) is 0 Å². The largest absolute Gasteiger partial charge is 0.383 e. The third kappa shape index (κ3) is 5.65. The van der Waals surface area contributed by atoms with Gasteiger partial charge in [0.2, 0.25) is 0 Å². The summed E-state index contributed by atoms with van der Waals surface area (Å²) in [5.41, 5.74) is 1.62. The first-order chi connectivity index (χ1) is 12.6. The minimum Gasteiger partial charge on any atom is -0.383 e. The van der Waals surface area contributed by atoms with Crippen molar-refractivity contribution in [1.29, 1.82) is 0 Å². The van der Waals surface area contributed by atoms with E-state index in [0.717, 1.165) is 24.2 Å². The fraction of sp³-hybridized carbons (Fsp3) is 0.526. The highest BCUT2D eigenvalue weighted by Gasteiger charge is 2.44. The lowest BCUT2D eigenvalue weighted by Crippen LogP contribution is -2.42. The first-order valence-corrected chi connectivity index (χ1v) is 9.06. The summed E-state index contributed by atoms with van der Waals surface area (Å²) < 4.78 is 7.09. The molecular formula is C19H29IN6O. The number of hydrogen-bond acceptors (Lipinski definition) is 4. The molecule has 1 aromatic heterocycles. The second-order valence-corrected chi connectivity index (χ2v) is 6.81. The summed E-state index contributed by atoms with van der Waals surface area (Å²) in [5.74, 6) is 2.52. The van der Waals surface area contributed by atoms with Crippen LogP contribution in [-0.2, 0) is 23.7 Å². The van der Waals surface area contributed by atoms with Gasteiger partial charge >= 0.3 is 0 Å². The number of halogens is 1. The molecule has 0 unspecified atom stereocenters. The smallest absolute Gasteiger partial charge is 0.191 e. The Kier molecular flexibility index (Phi) is 8.03. The third-order valence-electron chi connectivity index (χ3n) is 4.99. The van der Waals surface area contributed by atoms with Gasteiger partial charge in [-0.25, -0.2) is 4.99 Å². The van der Waals surface area contributed by atoms with Gasteiger partial charge in [-0.2, -0.15) is 0 Å². The summed E-state index contributed by atoms with van der Waals surface area (Å²) in [6.45, 7) is 4.63. The van der Waals surface area contributed by atoms with Crippen molar-refractivity contribution in [2.75, 3.05) is 26.8 Å². The molecule has 7 nitrogen and oxygen atoms in total. The lowest BCUT2D eigenvalue weighted by Gasteiger charge is -2.19. The highest BCUT2D eigenvalue weighted by Crippen LogP contribution is 2.47. The molecule has 0 atom stereocenters. The van der Waals surface area contributed by atoms with E-state index in [0.29, 0.717) is 19.7 Å². The Bertz CT molecular complexity index is 742. The summed E-state index contributed by atoms with van der Waals surface area (Å²) in [4.78, 5) is 4.68. The number of aryl methyl sites for hydroxylation is 1. The first kappa shape index (κ1) is 21.6. The van der Waals surface area contributed by atoms with Crippen LogP contribution in [0, 0.1) is 6.92 Å². The van der Waals surface area contributed by atoms with Gasteiger partial charge in [0.15, 0.2) is 11.8 Å². The van der Waals surface area contributed by atoms with Gasteiger partial charge < -0.3 is 19.9 Å². The normalized spacial score (nSPS) is 15.1. The molecule has 8 heteroatoms. The number of ether oxygens (including phenoxy) is 1. The topological polar surface area (TPSA) is 76.4 Å². The summed E-state index contributed by atoms with van der Waals surface area (Å²) in [6.07, 6.45) is 2.41. The van der Waals surface area contributed by atoms with Crippen LogP contribution < -0.4 is 10.6 Å². The zero-order valence-electron chi connectivity index (χ0n) is 16.2. The van der Waals surface area contributed by atoms with Crippen molar-refractivity contribution in [2.45, 2.75) is 31.7 Å². The van der Waals surface area contributed by atoms with Crippen molar-refractivity contribution >= 4 is 29.9 Å². The molecule has 0 spiro atoms. The van der Waals surface area contributed by atoms with Crippen molar-refractivity contribution < 1.29 is 4.74 Å². The molecule has 0 radical (unpaired) electrons. The zero-order chi connectivity index (χ0) is 18.4. The molecule has 2 N–H and O–H groups in total. The number of methoxy groups -OCH3 is 1. The second kappa shape index (κ2) is 10.0. The van der Waals surface area contributed by atoms with Crippen LogP contribution in [-0.4, -0.2) is 47.5 Å². The van der Waals surface area contributed by atoms with Crippen LogP contribution in [0.2, 0.25) is 0 Å². The number of aliphatic imine (C=N–C) groups is 1. The fourth-order valence-corrected chi connectivity index (χ4v) is 2.95. The van der Waals surface area contributed by atoms with Crippen LogP contribution in [0.25, 0.3) is 0 Å². The Labute approximate surface area is 178 Å². The van der Waals surface area contributed by atoms with Gasteiger partial charge in [0.1, 0.15) is 12.4 Å². The van der Waals surface area contributed by atoms with Crippen molar-refractivity contribution in [2.24, 2.45) is 12.0 Å². The molecule has 1 aromatic carbocycles. The summed E-state index contributed by atoms with van der Waals surface area (Å²) in [5, 5.41) is 15.1. The minimum absolute atomic E-state index is 0. The predicted octanol–water partition coefficient (Wildman–Crippen LogP) is 2.15. The van der Waals surface area contributed by atoms with E-state index >= 15 is 0 Å². The maximum Gasteiger partial charge on any atom is 0.191 e. The lowest BCUT2D eigenvalue weighted by molar-refractivity contribution is 0.203. The number of nitrogens with zero attached hydrogens (tertiary/aromatic N) is 4. The zero-order valence-corrected chi connectivity index (χ0v) is 18.6. The number of guanidine groups is 1. The molecule has 27 heavy (non-hydrogen) atoms. The van der Waals surface area contributed by atoms with Gasteiger partial charge in [0.25, 0.3) is 0 Å². The van der Waals surface area contributed by atoms with Crippen LogP contribution in [0.5, 0.6) is 0 Å². The molecule has 0 saturated heterocycles. The monoisotopic (exact) mass is 484 g/mol. The van der Waals surface area contributed by atoms with Crippen molar-refractivity contribution in [3.05, 3.63) is 47.5 Å².